The Hall–Kier alpha value is -6.83. The van der Waals surface area contributed by atoms with E-state index < -0.39 is 0 Å². The maximum atomic E-state index is 4.93. The summed E-state index contributed by atoms with van der Waals surface area (Å²) in [6, 6.07) is 68.7. The van der Waals surface area contributed by atoms with Crippen LogP contribution in [0.1, 0.15) is 5.56 Å². The van der Waals surface area contributed by atoms with Crippen LogP contribution < -0.4 is 0 Å². The highest BCUT2D eigenvalue weighted by Gasteiger charge is 2.20. The van der Waals surface area contributed by atoms with Crippen LogP contribution in [0.15, 0.2) is 194 Å². The molecule has 0 radical (unpaired) electrons. The van der Waals surface area contributed by atoms with Gasteiger partial charge in [-0.25, -0.2) is 0 Å². The van der Waals surface area contributed by atoms with Crippen LogP contribution in [0.3, 0.4) is 0 Å². The molecule has 0 bridgehead atoms. The van der Waals surface area contributed by atoms with Gasteiger partial charge in [-0.1, -0.05) is 175 Å². The molecule has 10 aromatic rings. The summed E-state index contributed by atoms with van der Waals surface area (Å²) in [6.45, 7) is 2.14. The van der Waals surface area contributed by atoms with Crippen LogP contribution in [0, 0.1) is 6.92 Å². The van der Waals surface area contributed by atoms with Crippen molar-refractivity contribution in [2.75, 3.05) is 0 Å². The fourth-order valence-corrected chi connectivity index (χ4v) is 8.28. The molecule has 0 aliphatic rings. The molecule has 53 heavy (non-hydrogen) atoms. The van der Waals surface area contributed by atoms with E-state index in [4.69, 9.17) is 4.98 Å². The summed E-state index contributed by atoms with van der Waals surface area (Å²) in [5.74, 6) is 0. The fourth-order valence-electron chi connectivity index (χ4n) is 8.28. The lowest BCUT2D eigenvalue weighted by Crippen LogP contribution is -1.93. The molecule has 1 aromatic heterocycles. The van der Waals surface area contributed by atoms with Gasteiger partial charge in [-0.15, -0.1) is 0 Å². The van der Waals surface area contributed by atoms with E-state index in [2.05, 4.69) is 189 Å². The van der Waals surface area contributed by atoms with Crippen LogP contribution in [0.5, 0.6) is 0 Å². The molecule has 10 rings (SSSR count). The van der Waals surface area contributed by atoms with Gasteiger partial charge in [0.15, 0.2) is 0 Å². The molecule has 0 saturated heterocycles. The summed E-state index contributed by atoms with van der Waals surface area (Å²) in [5, 5.41) is 9.94. The van der Waals surface area contributed by atoms with Crippen molar-refractivity contribution in [1.82, 2.24) is 4.98 Å². The first-order chi connectivity index (χ1) is 26.2. The highest BCUT2D eigenvalue weighted by Crippen LogP contribution is 2.47. The average Bonchev–Trinajstić information content (AvgIpc) is 3.23. The number of fused-ring (bicyclic) bond motifs is 4. The van der Waals surface area contributed by atoms with Crippen molar-refractivity contribution in [1.29, 1.82) is 0 Å². The number of pyridine rings is 1. The van der Waals surface area contributed by atoms with Gasteiger partial charge in [-0.2, -0.15) is 0 Å². The van der Waals surface area contributed by atoms with E-state index in [0.717, 1.165) is 22.4 Å². The molecule has 0 spiro atoms. The molecule has 0 amide bonds. The van der Waals surface area contributed by atoms with Gasteiger partial charge in [-0.05, 0) is 107 Å². The standard InChI is InChI=1S/C52H35N/c1-34-23-25-36(26-24-34)41-29-30-49(44-17-5-4-16-43(41)44)51-47-20-8-6-18-45(47)50(46-19-7-9-21-48(46)51)39-15-10-14-38(33-39)42-22-11-31-53-52(42)40-28-27-35-12-2-3-13-37(35)32-40/h2-33H,1H3. The van der Waals surface area contributed by atoms with Crippen LogP contribution in [0.4, 0.5) is 0 Å². The van der Waals surface area contributed by atoms with E-state index >= 15 is 0 Å². The Labute approximate surface area is 309 Å². The summed E-state index contributed by atoms with van der Waals surface area (Å²) in [4.78, 5) is 4.93. The van der Waals surface area contributed by atoms with Crippen molar-refractivity contribution in [2.24, 2.45) is 0 Å². The van der Waals surface area contributed by atoms with Gasteiger partial charge in [0.05, 0.1) is 5.69 Å². The number of hydrogen-bond acceptors (Lipinski definition) is 1. The number of rotatable bonds is 5. The summed E-state index contributed by atoms with van der Waals surface area (Å²) in [5.41, 5.74) is 13.1. The first-order valence-electron chi connectivity index (χ1n) is 18.3. The minimum atomic E-state index is 0.987. The summed E-state index contributed by atoms with van der Waals surface area (Å²) < 4.78 is 0. The normalized spacial score (nSPS) is 11.5. The second-order valence-electron chi connectivity index (χ2n) is 14.0. The van der Waals surface area contributed by atoms with E-state index in [0.29, 0.717) is 0 Å². The third-order valence-electron chi connectivity index (χ3n) is 10.8. The SMILES string of the molecule is Cc1ccc(-c2ccc(-c3c4ccccc4c(-c4cccc(-c5cccnc5-c5ccc6ccccc6c5)c4)c4ccccc34)c3ccccc23)cc1. The summed E-state index contributed by atoms with van der Waals surface area (Å²) >= 11 is 0. The Morgan fingerprint density at radius 2 is 0.887 bits per heavy atom. The van der Waals surface area contributed by atoms with Gasteiger partial charge >= 0.3 is 0 Å². The third-order valence-corrected chi connectivity index (χ3v) is 10.8. The molecule has 1 heterocycles. The minimum Gasteiger partial charge on any atom is -0.256 e. The highest BCUT2D eigenvalue weighted by atomic mass is 14.7. The molecule has 9 aromatic carbocycles. The molecule has 0 unspecified atom stereocenters. The van der Waals surface area contributed by atoms with Gasteiger partial charge in [0.1, 0.15) is 0 Å². The van der Waals surface area contributed by atoms with Crippen molar-refractivity contribution < 1.29 is 0 Å². The van der Waals surface area contributed by atoms with Crippen LogP contribution in [0.25, 0.3) is 98.9 Å². The number of hydrogen-bond donors (Lipinski definition) is 0. The number of nitrogens with zero attached hydrogens (tertiary/aromatic N) is 1. The maximum absolute atomic E-state index is 4.93. The molecular weight excluding hydrogens is 639 g/mol. The van der Waals surface area contributed by atoms with Crippen LogP contribution in [-0.4, -0.2) is 4.98 Å². The Morgan fingerprint density at radius 1 is 0.321 bits per heavy atom. The van der Waals surface area contributed by atoms with Crippen molar-refractivity contribution >= 4 is 43.1 Å². The lowest BCUT2D eigenvalue weighted by atomic mass is 9.83. The second kappa shape index (κ2) is 12.7. The monoisotopic (exact) mass is 673 g/mol. The lowest BCUT2D eigenvalue weighted by molar-refractivity contribution is 1.33. The molecule has 0 fully saturated rings. The number of aromatic nitrogens is 1. The Morgan fingerprint density at radius 3 is 1.60 bits per heavy atom. The van der Waals surface area contributed by atoms with Crippen molar-refractivity contribution in [3.8, 4) is 55.8 Å². The molecule has 0 aliphatic heterocycles. The van der Waals surface area contributed by atoms with E-state index in [-0.39, 0.29) is 0 Å². The van der Waals surface area contributed by atoms with E-state index in [1.165, 1.54) is 82.0 Å². The zero-order valence-electron chi connectivity index (χ0n) is 29.4. The zero-order valence-corrected chi connectivity index (χ0v) is 29.4. The molecule has 0 atom stereocenters. The van der Waals surface area contributed by atoms with Crippen molar-refractivity contribution in [3.63, 3.8) is 0 Å². The highest BCUT2D eigenvalue weighted by molar-refractivity contribution is 6.24. The van der Waals surface area contributed by atoms with E-state index in [1.807, 2.05) is 12.3 Å². The number of aryl methyl sites for hydroxylation is 1. The molecule has 1 nitrogen and oxygen atoms in total. The van der Waals surface area contributed by atoms with Crippen LogP contribution >= 0.6 is 0 Å². The molecule has 248 valence electrons. The van der Waals surface area contributed by atoms with Crippen LogP contribution in [0.2, 0.25) is 0 Å². The second-order valence-corrected chi connectivity index (χ2v) is 14.0. The summed E-state index contributed by atoms with van der Waals surface area (Å²) in [6.07, 6.45) is 1.90. The smallest absolute Gasteiger partial charge is 0.0780 e. The number of benzene rings is 9. The third kappa shape index (κ3) is 5.29. The lowest BCUT2D eigenvalue weighted by Gasteiger charge is -2.20. The molecule has 0 N–H and O–H groups in total. The zero-order chi connectivity index (χ0) is 35.3. The largest absolute Gasteiger partial charge is 0.256 e. The molecular formula is C52H35N. The maximum Gasteiger partial charge on any atom is 0.0780 e. The topological polar surface area (TPSA) is 12.9 Å². The van der Waals surface area contributed by atoms with Crippen molar-refractivity contribution in [2.45, 2.75) is 6.92 Å². The summed E-state index contributed by atoms with van der Waals surface area (Å²) in [7, 11) is 0. The van der Waals surface area contributed by atoms with Gasteiger partial charge in [0.2, 0.25) is 0 Å². The molecule has 1 heteroatoms. The minimum absolute atomic E-state index is 0.987. The van der Waals surface area contributed by atoms with Gasteiger partial charge in [0.25, 0.3) is 0 Å². The molecule has 0 saturated carbocycles. The first kappa shape index (κ1) is 30.9. The van der Waals surface area contributed by atoms with Gasteiger partial charge in [-0.3, -0.25) is 4.98 Å². The van der Waals surface area contributed by atoms with E-state index in [1.54, 1.807) is 0 Å². The van der Waals surface area contributed by atoms with Crippen LogP contribution in [-0.2, 0) is 0 Å². The van der Waals surface area contributed by atoms with Gasteiger partial charge in [0, 0.05) is 17.3 Å². The quantitative estimate of drug-likeness (QED) is 0.166. The Bertz CT molecular complexity index is 2950. The fraction of sp³-hybridized carbons (Fsp3) is 0.0192. The molecule has 0 aliphatic carbocycles. The first-order valence-corrected chi connectivity index (χ1v) is 18.3. The van der Waals surface area contributed by atoms with Gasteiger partial charge < -0.3 is 0 Å². The van der Waals surface area contributed by atoms with Crippen molar-refractivity contribution in [3.05, 3.63) is 200 Å². The average molecular weight is 674 g/mol. The predicted octanol–water partition coefficient (Wildman–Crippen LogP) is 14.3. The van der Waals surface area contributed by atoms with E-state index in [9.17, 15) is 0 Å². The Kier molecular flexibility index (Phi) is 7.44. The Balaban J connectivity index is 1.18. The predicted molar refractivity (Wildman–Crippen MR) is 226 cm³/mol.